The molecule has 0 aromatic carbocycles. The molecular weight excluding hydrogens is 721 g/mol. The third-order valence-electron chi connectivity index (χ3n) is 1.00. The van der Waals surface area contributed by atoms with Crippen LogP contribution in [0.2, 0.25) is 0 Å². The van der Waals surface area contributed by atoms with Gasteiger partial charge in [0.15, 0.2) is 0 Å². The number of thiocarbonyl (C=S) groups is 6. The van der Waals surface area contributed by atoms with Gasteiger partial charge in [-0.3, -0.25) is 0 Å². The average Bonchev–Trinajstić information content (AvgIpc) is 2.69. The fraction of sp³-hybridized carbons (Fsp3) is 0.500. The molecule has 0 aliphatic rings. The standard InChI is InChI=1S/6C2H4OS2.Mo/c6*1-3-2(4)5;/h6*1H3,(H,4,5);/p-6. The fourth-order valence-electron chi connectivity index (χ4n) is 0. The van der Waals surface area contributed by atoms with Gasteiger partial charge in [-0.1, -0.05) is 0 Å². The summed E-state index contributed by atoms with van der Waals surface area (Å²) in [6, 6.07) is 0. The molecule has 0 N–H and O–H groups in total. The van der Waals surface area contributed by atoms with E-state index in [1.165, 1.54) is 42.7 Å². The Morgan fingerprint density at radius 2 is 0.387 bits per heavy atom. The number of ether oxygens (including phenoxy) is 6. The van der Waals surface area contributed by atoms with E-state index in [1.807, 2.05) is 0 Å². The molecule has 0 rings (SSSR count). The van der Waals surface area contributed by atoms with E-state index < -0.39 is 0 Å². The molecule has 6 nitrogen and oxygen atoms in total. The van der Waals surface area contributed by atoms with E-state index in [1.54, 1.807) is 0 Å². The minimum atomic E-state index is 0. The van der Waals surface area contributed by atoms with Crippen LogP contribution in [0.4, 0.5) is 0 Å². The maximum absolute atomic E-state index is 4.30. The Morgan fingerprint density at radius 3 is 0.387 bits per heavy atom. The van der Waals surface area contributed by atoms with Crippen molar-refractivity contribution in [2.75, 3.05) is 42.7 Å². The molecule has 0 unspecified atom stereocenters. The zero-order valence-corrected chi connectivity index (χ0v) is 28.6. The number of hydrogen-bond acceptors (Lipinski definition) is 18. The van der Waals surface area contributed by atoms with Crippen molar-refractivity contribution in [3.05, 3.63) is 0 Å². The predicted octanol–water partition coefficient (Wildman–Crippen LogP) is 2.79. The van der Waals surface area contributed by atoms with Gasteiger partial charge in [0.2, 0.25) is 0 Å². The van der Waals surface area contributed by atoms with E-state index in [9.17, 15) is 0 Å². The van der Waals surface area contributed by atoms with Crippen LogP contribution in [0.3, 0.4) is 0 Å². The second-order valence-corrected chi connectivity index (χ2v) is 8.72. The van der Waals surface area contributed by atoms with Crippen molar-refractivity contribution in [2.24, 2.45) is 0 Å². The molecule has 186 valence electrons. The van der Waals surface area contributed by atoms with Crippen LogP contribution in [0.15, 0.2) is 0 Å². The van der Waals surface area contributed by atoms with Gasteiger partial charge >= 0.3 is 0 Å². The van der Waals surface area contributed by atoms with E-state index in [4.69, 9.17) is 0 Å². The second kappa shape index (κ2) is 44.9. The van der Waals surface area contributed by atoms with Gasteiger partial charge < -0.3 is 178 Å². The van der Waals surface area contributed by atoms with E-state index in [0.717, 1.165) is 0 Å². The van der Waals surface area contributed by atoms with Crippen molar-refractivity contribution in [3.8, 4) is 0 Å². The molecule has 0 heterocycles. The predicted molar refractivity (Wildman–Crippen MR) is 162 cm³/mol. The summed E-state index contributed by atoms with van der Waals surface area (Å²) in [4.78, 5) is 0. The normalized spacial score (nSPS) is 6.39. The van der Waals surface area contributed by atoms with E-state index >= 15 is 0 Å². The third kappa shape index (κ3) is 152. The minimum Gasteiger partial charge on any atom is -0.517 e. The smallest absolute Gasteiger partial charge is 0.0751 e. The van der Waals surface area contributed by atoms with Gasteiger partial charge in [0.1, 0.15) is 0 Å². The van der Waals surface area contributed by atoms with Crippen LogP contribution in [-0.2, 0) is 125 Å². The first-order valence-electron chi connectivity index (χ1n) is 6.12. The Morgan fingerprint density at radius 1 is 0.355 bits per heavy atom. The van der Waals surface area contributed by atoms with Crippen molar-refractivity contribution >= 4 is 175 Å². The molecule has 0 aliphatic carbocycles. The second-order valence-electron chi connectivity index (χ2n) is 2.72. The molecule has 0 amide bonds. The maximum Gasteiger partial charge on any atom is 0.0751 e. The van der Waals surface area contributed by atoms with E-state index in [-0.39, 0.29) is 47.4 Å². The number of hydrogen-bond donors (Lipinski definition) is 0. The Labute approximate surface area is 264 Å². The summed E-state index contributed by atoms with van der Waals surface area (Å²) in [7, 11) is 8.72. The van der Waals surface area contributed by atoms with Crippen molar-refractivity contribution in [1.82, 2.24) is 0 Å². The van der Waals surface area contributed by atoms with Crippen molar-refractivity contribution in [1.29, 1.82) is 0 Å². The quantitative estimate of drug-likeness (QED) is 0.208. The van der Waals surface area contributed by atoms with Crippen LogP contribution in [0.5, 0.6) is 0 Å². The van der Waals surface area contributed by atoms with Crippen molar-refractivity contribution in [3.63, 3.8) is 0 Å². The summed E-state index contributed by atoms with van der Waals surface area (Å²) in [5.74, 6) is 0. The van der Waals surface area contributed by atoms with Gasteiger partial charge in [0.05, 0.1) is 42.7 Å². The zero-order chi connectivity index (χ0) is 25.7. The molecule has 0 atom stereocenters. The summed E-state index contributed by atoms with van der Waals surface area (Å²) in [5.41, 5.74) is 0. The first-order valence-corrected chi connectivity index (χ1v) is 11.0. The average molecular weight is 739 g/mol. The van der Waals surface area contributed by atoms with Crippen LogP contribution < -0.4 is 0 Å². The van der Waals surface area contributed by atoms with Crippen LogP contribution in [0.25, 0.3) is 0 Å². The molecule has 0 fully saturated rings. The Kier molecular flexibility index (Phi) is 71.7. The molecule has 31 heavy (non-hydrogen) atoms. The molecule has 0 saturated heterocycles. The minimum absolute atomic E-state index is 0. The van der Waals surface area contributed by atoms with Crippen LogP contribution >= 0.6 is 73.3 Å². The van der Waals surface area contributed by atoms with Gasteiger partial charge in [-0.15, -0.1) is 0 Å². The van der Waals surface area contributed by atoms with Crippen molar-refractivity contribution in [2.45, 2.75) is 0 Å². The summed E-state index contributed by atoms with van der Waals surface area (Å²) < 4.78 is 26.8. The first-order chi connectivity index (χ1) is 13.6. The van der Waals surface area contributed by atoms with Crippen LogP contribution in [0.1, 0.15) is 0 Å². The summed E-state index contributed by atoms with van der Waals surface area (Å²) in [6.45, 7) is 0. The Balaban J connectivity index is -0.0000000443. The van der Waals surface area contributed by atoms with E-state index in [2.05, 4.69) is 178 Å². The molecule has 19 heteroatoms. The van der Waals surface area contributed by atoms with Gasteiger partial charge in [0, 0.05) is 47.4 Å². The molecule has 0 aromatic heterocycles. The van der Waals surface area contributed by atoms with Gasteiger partial charge in [-0.25, -0.2) is 0 Å². The van der Waals surface area contributed by atoms with Gasteiger partial charge in [-0.05, 0) is 0 Å². The van der Waals surface area contributed by atoms with Crippen LogP contribution in [0, 0.1) is 0 Å². The maximum atomic E-state index is 4.30. The summed E-state index contributed by atoms with van der Waals surface area (Å²) >= 11 is 51.5. The zero-order valence-electron chi connectivity index (χ0n) is 16.8. The molecule has 0 spiro atoms. The number of rotatable bonds is 0. The largest absolute Gasteiger partial charge is 0.517 e. The summed E-state index contributed by atoms with van der Waals surface area (Å²) in [6.07, 6.45) is 0. The molecule has 0 bridgehead atoms. The topological polar surface area (TPSA) is 55.4 Å². The molecule has 0 aromatic rings. The molecule has 0 saturated carbocycles. The molecular formula is C12H18MoO6S12-6. The van der Waals surface area contributed by atoms with Gasteiger partial charge in [-0.2, -0.15) is 0 Å². The Bertz CT molecular complexity index is 372. The SMILES string of the molecule is COC(=S)[S-].COC(=S)[S-].COC(=S)[S-].COC(=S)[S-].COC(=S)[S-].COC(=S)[S-].[Mo]. The Hall–Kier alpha value is 1.35. The number of methoxy groups -OCH3 is 6. The molecule has 0 radical (unpaired) electrons. The monoisotopic (exact) mass is 740 g/mol. The first kappa shape index (κ1) is 49.5. The fourth-order valence-corrected chi connectivity index (χ4v) is 0. The van der Waals surface area contributed by atoms with Crippen LogP contribution in [-0.4, -0.2) is 69.0 Å². The van der Waals surface area contributed by atoms with Gasteiger partial charge in [0.25, 0.3) is 0 Å². The van der Waals surface area contributed by atoms with E-state index in [0.29, 0.717) is 0 Å². The third-order valence-corrected chi connectivity index (χ3v) is 3.00. The molecule has 0 aliphatic heterocycles. The van der Waals surface area contributed by atoms with Crippen molar-refractivity contribution < 1.29 is 49.5 Å². The summed E-state index contributed by atoms with van der Waals surface area (Å²) in [5, 5.41) is 0.